The maximum absolute atomic E-state index is 11.9. The molecule has 28 heavy (non-hydrogen) atoms. The van der Waals surface area contributed by atoms with Gasteiger partial charge in [-0.25, -0.2) is 4.98 Å². The second-order valence-electron chi connectivity index (χ2n) is 5.78. The van der Waals surface area contributed by atoms with E-state index in [9.17, 15) is 9.59 Å². The van der Waals surface area contributed by atoms with Gasteiger partial charge in [-0.15, -0.1) is 0 Å². The fraction of sp³-hybridized carbons (Fsp3) is 0.100. The highest BCUT2D eigenvalue weighted by molar-refractivity contribution is 6.39. The van der Waals surface area contributed by atoms with Gasteiger partial charge in [0.15, 0.2) is 0 Å². The van der Waals surface area contributed by atoms with E-state index in [0.717, 1.165) is 0 Å². The minimum atomic E-state index is -0.749. The van der Waals surface area contributed by atoms with E-state index in [1.165, 1.54) is 0 Å². The second kappa shape index (κ2) is 9.00. The molecule has 2 amide bonds. The molecule has 0 aliphatic heterocycles. The van der Waals surface area contributed by atoms with Crippen LogP contribution in [-0.2, 0) is 16.1 Å². The van der Waals surface area contributed by atoms with E-state index in [-0.39, 0.29) is 0 Å². The van der Waals surface area contributed by atoms with Gasteiger partial charge in [-0.2, -0.15) is 5.26 Å². The molecule has 8 nitrogen and oxygen atoms in total. The van der Waals surface area contributed by atoms with Crippen molar-refractivity contribution >= 4 is 17.5 Å². The maximum Gasteiger partial charge on any atom is 0.313 e. The largest absolute Gasteiger partial charge is 0.457 e. The van der Waals surface area contributed by atoms with Crippen molar-refractivity contribution < 1.29 is 14.3 Å². The van der Waals surface area contributed by atoms with Crippen LogP contribution in [0, 0.1) is 11.3 Å². The summed E-state index contributed by atoms with van der Waals surface area (Å²) in [7, 11) is 0. The highest BCUT2D eigenvalue weighted by Crippen LogP contribution is 2.23. The van der Waals surface area contributed by atoms with Crippen LogP contribution in [-0.4, -0.2) is 27.9 Å². The van der Waals surface area contributed by atoms with Crippen LogP contribution in [0.4, 0.5) is 5.69 Å². The number of nitriles is 1. The van der Waals surface area contributed by atoms with Gasteiger partial charge in [0.25, 0.3) is 0 Å². The maximum atomic E-state index is 11.9. The number of rotatable bonds is 6. The average molecular weight is 375 g/mol. The normalized spacial score (nSPS) is 9.96. The van der Waals surface area contributed by atoms with Crippen molar-refractivity contribution in [3.8, 4) is 17.6 Å². The van der Waals surface area contributed by atoms with Crippen LogP contribution in [0.2, 0.25) is 0 Å². The Bertz CT molecular complexity index is 991. The van der Waals surface area contributed by atoms with Gasteiger partial charge in [0.1, 0.15) is 11.5 Å². The Morgan fingerprint density at radius 3 is 2.64 bits per heavy atom. The first-order valence-corrected chi connectivity index (χ1v) is 8.47. The number of ether oxygens (including phenoxy) is 1. The molecule has 140 valence electrons. The van der Waals surface area contributed by atoms with Gasteiger partial charge >= 0.3 is 11.8 Å². The minimum absolute atomic E-state index is 0.317. The van der Waals surface area contributed by atoms with E-state index in [2.05, 4.69) is 15.6 Å². The van der Waals surface area contributed by atoms with Crippen molar-refractivity contribution in [2.75, 3.05) is 11.9 Å². The third-order valence-electron chi connectivity index (χ3n) is 3.73. The van der Waals surface area contributed by atoms with Crippen LogP contribution in [0.5, 0.6) is 11.5 Å². The first kappa shape index (κ1) is 18.7. The van der Waals surface area contributed by atoms with E-state index in [0.29, 0.717) is 35.8 Å². The lowest BCUT2D eigenvalue weighted by atomic mass is 10.2. The molecule has 0 saturated carbocycles. The summed E-state index contributed by atoms with van der Waals surface area (Å²) < 4.78 is 7.46. The Kier molecular flexibility index (Phi) is 6.00. The first-order chi connectivity index (χ1) is 13.6. The number of carbonyl (C=O) groups excluding carboxylic acids is 2. The molecule has 0 atom stereocenters. The van der Waals surface area contributed by atoms with Gasteiger partial charge in [-0.1, -0.05) is 6.07 Å². The van der Waals surface area contributed by atoms with Crippen LogP contribution < -0.4 is 15.4 Å². The van der Waals surface area contributed by atoms with E-state index in [4.69, 9.17) is 10.00 Å². The van der Waals surface area contributed by atoms with E-state index < -0.39 is 11.8 Å². The smallest absolute Gasteiger partial charge is 0.313 e. The lowest BCUT2D eigenvalue weighted by Gasteiger charge is -2.09. The lowest BCUT2D eigenvalue weighted by molar-refractivity contribution is -0.136. The Labute approximate surface area is 161 Å². The van der Waals surface area contributed by atoms with Crippen molar-refractivity contribution in [2.24, 2.45) is 0 Å². The van der Waals surface area contributed by atoms with E-state index in [1.807, 2.05) is 6.07 Å². The number of benzene rings is 2. The highest BCUT2D eigenvalue weighted by atomic mass is 16.5. The molecule has 0 fully saturated rings. The Morgan fingerprint density at radius 2 is 1.93 bits per heavy atom. The molecular formula is C20H17N5O3. The molecular weight excluding hydrogens is 358 g/mol. The molecule has 1 aromatic heterocycles. The predicted octanol–water partition coefficient (Wildman–Crippen LogP) is 2.30. The van der Waals surface area contributed by atoms with Crippen molar-refractivity contribution in [2.45, 2.75) is 6.54 Å². The molecule has 0 aliphatic rings. The topological polar surface area (TPSA) is 109 Å². The van der Waals surface area contributed by atoms with Crippen LogP contribution in [0.1, 0.15) is 5.56 Å². The monoisotopic (exact) mass is 375 g/mol. The molecule has 0 spiro atoms. The summed E-state index contributed by atoms with van der Waals surface area (Å²) in [6.07, 6.45) is 5.04. The Balaban J connectivity index is 1.49. The second-order valence-corrected chi connectivity index (χ2v) is 5.78. The number of nitrogens with one attached hydrogen (secondary N) is 2. The number of hydrogen-bond acceptors (Lipinski definition) is 5. The number of aromatic nitrogens is 2. The van der Waals surface area contributed by atoms with E-state index >= 15 is 0 Å². The van der Waals surface area contributed by atoms with Crippen molar-refractivity contribution in [1.82, 2.24) is 14.9 Å². The standard InChI is InChI=1S/C20H17N5O3/c21-13-15-2-1-3-18(12-15)28-17-6-4-16(5-7-17)24-20(27)19(26)23-9-11-25-10-8-22-14-25/h1-8,10,12,14H,9,11H2,(H,23,26)(H,24,27). The van der Waals surface area contributed by atoms with Crippen LogP contribution in [0.15, 0.2) is 67.3 Å². The van der Waals surface area contributed by atoms with Crippen molar-refractivity contribution in [3.05, 3.63) is 72.8 Å². The van der Waals surface area contributed by atoms with Crippen molar-refractivity contribution in [3.63, 3.8) is 0 Å². The summed E-state index contributed by atoms with van der Waals surface area (Å²) >= 11 is 0. The van der Waals surface area contributed by atoms with Crippen LogP contribution in [0.3, 0.4) is 0 Å². The number of nitrogens with zero attached hydrogens (tertiary/aromatic N) is 3. The van der Waals surface area contributed by atoms with Crippen LogP contribution >= 0.6 is 0 Å². The SMILES string of the molecule is N#Cc1cccc(Oc2ccc(NC(=O)C(=O)NCCn3ccnc3)cc2)c1. The molecule has 0 saturated heterocycles. The fourth-order valence-corrected chi connectivity index (χ4v) is 2.36. The quantitative estimate of drug-likeness (QED) is 0.643. The molecule has 3 aromatic rings. The van der Waals surface area contributed by atoms with Gasteiger partial charge in [-0.3, -0.25) is 9.59 Å². The van der Waals surface area contributed by atoms with Crippen LogP contribution in [0.25, 0.3) is 0 Å². The number of imidazole rings is 1. The summed E-state index contributed by atoms with van der Waals surface area (Å²) in [4.78, 5) is 27.7. The number of hydrogen-bond donors (Lipinski definition) is 2. The summed E-state index contributed by atoms with van der Waals surface area (Å²) in [5, 5.41) is 14.0. The summed E-state index contributed by atoms with van der Waals surface area (Å²) in [5.41, 5.74) is 0.966. The minimum Gasteiger partial charge on any atom is -0.457 e. The zero-order valence-corrected chi connectivity index (χ0v) is 14.8. The van der Waals surface area contributed by atoms with E-state index in [1.54, 1.807) is 71.8 Å². The Hall–Kier alpha value is -4.12. The molecule has 8 heteroatoms. The molecule has 0 aliphatic carbocycles. The molecule has 0 bridgehead atoms. The number of carbonyl (C=O) groups is 2. The van der Waals surface area contributed by atoms with Gasteiger partial charge in [0.05, 0.1) is 18.0 Å². The number of amides is 2. The Morgan fingerprint density at radius 1 is 1.11 bits per heavy atom. The highest BCUT2D eigenvalue weighted by Gasteiger charge is 2.13. The third-order valence-corrected chi connectivity index (χ3v) is 3.73. The lowest BCUT2D eigenvalue weighted by Crippen LogP contribution is -2.36. The molecule has 0 radical (unpaired) electrons. The summed E-state index contributed by atoms with van der Waals surface area (Å²) in [6.45, 7) is 0.842. The molecule has 1 heterocycles. The molecule has 2 N–H and O–H groups in total. The van der Waals surface area contributed by atoms with Gasteiger partial charge in [0, 0.05) is 31.2 Å². The van der Waals surface area contributed by atoms with Gasteiger partial charge in [-0.05, 0) is 42.5 Å². The molecule has 2 aromatic carbocycles. The third kappa shape index (κ3) is 5.19. The molecule has 0 unspecified atom stereocenters. The first-order valence-electron chi connectivity index (χ1n) is 8.47. The fourth-order valence-electron chi connectivity index (χ4n) is 2.36. The summed E-state index contributed by atoms with van der Waals surface area (Å²) in [6, 6.07) is 15.4. The summed E-state index contributed by atoms with van der Waals surface area (Å²) in [5.74, 6) is -0.388. The average Bonchev–Trinajstić information content (AvgIpc) is 3.23. The molecule has 3 rings (SSSR count). The zero-order valence-electron chi connectivity index (χ0n) is 14.8. The van der Waals surface area contributed by atoms with Crippen molar-refractivity contribution in [1.29, 1.82) is 5.26 Å². The zero-order chi connectivity index (χ0) is 19.8. The predicted molar refractivity (Wildman–Crippen MR) is 102 cm³/mol. The van der Waals surface area contributed by atoms with Gasteiger partial charge in [0.2, 0.25) is 0 Å². The van der Waals surface area contributed by atoms with Gasteiger partial charge < -0.3 is 19.9 Å². The number of anilines is 1.